The summed E-state index contributed by atoms with van der Waals surface area (Å²) in [5.74, 6) is -0.869. The number of hydrogen-bond donors (Lipinski definition) is 0. The molecule has 122 valence electrons. The Morgan fingerprint density at radius 1 is 1.17 bits per heavy atom. The Morgan fingerprint density at radius 2 is 1.92 bits per heavy atom. The summed E-state index contributed by atoms with van der Waals surface area (Å²) >= 11 is 0. The van der Waals surface area contributed by atoms with E-state index in [9.17, 15) is 17.6 Å². The second-order valence-corrected chi connectivity index (χ2v) is 6.98. The molecule has 24 heavy (non-hydrogen) atoms. The highest BCUT2D eigenvalue weighted by atomic mass is 32.2. The van der Waals surface area contributed by atoms with Gasteiger partial charge in [-0.05, 0) is 24.6 Å². The van der Waals surface area contributed by atoms with E-state index in [1.54, 1.807) is 31.2 Å². The molecule has 3 rings (SSSR count). The average Bonchev–Trinajstić information content (AvgIpc) is 2.93. The second-order valence-electron chi connectivity index (χ2n) is 5.17. The van der Waals surface area contributed by atoms with E-state index >= 15 is 0 Å². The molecule has 5 nitrogen and oxygen atoms in total. The fourth-order valence-electron chi connectivity index (χ4n) is 2.44. The van der Waals surface area contributed by atoms with Crippen LogP contribution < -0.4 is 0 Å². The zero-order valence-electron chi connectivity index (χ0n) is 12.7. The topological polar surface area (TPSA) is 69.0 Å². The van der Waals surface area contributed by atoms with Gasteiger partial charge in [-0.1, -0.05) is 24.3 Å². The van der Waals surface area contributed by atoms with E-state index in [0.29, 0.717) is 17.4 Å². The largest absolute Gasteiger partial charge is 0.298 e. The van der Waals surface area contributed by atoms with Crippen molar-refractivity contribution in [2.45, 2.75) is 11.8 Å². The van der Waals surface area contributed by atoms with Crippen LogP contribution in [-0.2, 0) is 10.0 Å². The zero-order chi connectivity index (χ0) is 17.3. The molecule has 0 saturated heterocycles. The monoisotopic (exact) mass is 344 g/mol. The molecule has 0 radical (unpaired) electrons. The van der Waals surface area contributed by atoms with Crippen LogP contribution in [0, 0.1) is 12.7 Å². The van der Waals surface area contributed by atoms with E-state index in [4.69, 9.17) is 0 Å². The Kier molecular flexibility index (Phi) is 4.02. The minimum Gasteiger partial charge on any atom is -0.298 e. The number of carbonyl (C=O) groups is 1. The Labute approximate surface area is 138 Å². The molecular formula is C17H13FN2O3S. The predicted octanol–water partition coefficient (Wildman–Crippen LogP) is 3.05. The molecule has 0 saturated carbocycles. The molecule has 0 bridgehead atoms. The van der Waals surface area contributed by atoms with Gasteiger partial charge in [0.2, 0.25) is 0 Å². The molecule has 0 atom stereocenters. The Bertz CT molecular complexity index is 1010. The average molecular weight is 344 g/mol. The normalized spacial score (nSPS) is 11.4. The van der Waals surface area contributed by atoms with Crippen LogP contribution in [0.2, 0.25) is 0 Å². The molecule has 1 aromatic carbocycles. The van der Waals surface area contributed by atoms with Gasteiger partial charge in [-0.15, -0.1) is 0 Å². The Morgan fingerprint density at radius 3 is 2.54 bits per heavy atom. The minimum atomic E-state index is -4.09. The summed E-state index contributed by atoms with van der Waals surface area (Å²) in [6, 6.07) is 9.63. The summed E-state index contributed by atoms with van der Waals surface area (Å²) < 4.78 is 41.2. The van der Waals surface area contributed by atoms with E-state index in [1.807, 2.05) is 0 Å². The van der Waals surface area contributed by atoms with Crippen molar-refractivity contribution in [2.75, 3.05) is 0 Å². The van der Waals surface area contributed by atoms with E-state index in [2.05, 4.69) is 4.98 Å². The summed E-state index contributed by atoms with van der Waals surface area (Å²) in [5, 5.41) is 0. The number of halogens is 1. The Balaban J connectivity index is 2.34. The summed E-state index contributed by atoms with van der Waals surface area (Å²) in [5.41, 5.74) is 0.602. The number of aryl methyl sites for hydroxylation is 1. The lowest BCUT2D eigenvalue weighted by Gasteiger charge is -2.12. The molecule has 3 aromatic rings. The minimum absolute atomic E-state index is 0.0905. The quantitative estimate of drug-likeness (QED) is 0.682. The maximum Gasteiger partial charge on any atom is 0.269 e. The first kappa shape index (κ1) is 16.1. The fourth-order valence-corrected chi connectivity index (χ4v) is 3.78. The van der Waals surface area contributed by atoms with Gasteiger partial charge in [-0.2, -0.15) is 0 Å². The predicted molar refractivity (Wildman–Crippen MR) is 86.8 cm³/mol. The van der Waals surface area contributed by atoms with Crippen molar-refractivity contribution in [1.29, 1.82) is 0 Å². The van der Waals surface area contributed by atoms with Gasteiger partial charge >= 0.3 is 0 Å². The second kappa shape index (κ2) is 6.01. The third-order valence-corrected chi connectivity index (χ3v) is 5.30. The summed E-state index contributed by atoms with van der Waals surface area (Å²) in [7, 11) is -4.09. The molecule has 0 fully saturated rings. The number of pyridine rings is 1. The molecule has 0 aliphatic rings. The number of rotatable bonds is 4. The van der Waals surface area contributed by atoms with Crippen LogP contribution >= 0.6 is 0 Å². The van der Waals surface area contributed by atoms with Crippen LogP contribution in [0.15, 0.2) is 59.9 Å². The third-order valence-electron chi connectivity index (χ3n) is 3.66. The van der Waals surface area contributed by atoms with Crippen LogP contribution in [0.5, 0.6) is 0 Å². The van der Waals surface area contributed by atoms with Gasteiger partial charge in [0.1, 0.15) is 10.6 Å². The van der Waals surface area contributed by atoms with Gasteiger partial charge in [-0.3, -0.25) is 9.78 Å². The van der Waals surface area contributed by atoms with Crippen LogP contribution in [0.4, 0.5) is 4.39 Å². The zero-order valence-corrected chi connectivity index (χ0v) is 13.5. The lowest BCUT2D eigenvalue weighted by Crippen LogP contribution is -2.14. The number of aromatic nitrogens is 2. The van der Waals surface area contributed by atoms with Crippen LogP contribution in [0.25, 0.3) is 11.3 Å². The van der Waals surface area contributed by atoms with Crippen molar-refractivity contribution in [3.63, 3.8) is 0 Å². The maximum atomic E-state index is 14.7. The van der Waals surface area contributed by atoms with E-state index in [-0.39, 0.29) is 16.2 Å². The van der Waals surface area contributed by atoms with Crippen molar-refractivity contribution < 1.29 is 17.6 Å². The molecule has 0 aliphatic carbocycles. The van der Waals surface area contributed by atoms with Crippen LogP contribution in [0.1, 0.15) is 15.9 Å². The van der Waals surface area contributed by atoms with Crippen LogP contribution in [0.3, 0.4) is 0 Å². The van der Waals surface area contributed by atoms with Gasteiger partial charge in [-0.25, -0.2) is 16.8 Å². The van der Waals surface area contributed by atoms with E-state index in [1.165, 1.54) is 24.5 Å². The molecular weight excluding hydrogens is 331 g/mol. The van der Waals surface area contributed by atoms with Crippen molar-refractivity contribution in [1.82, 2.24) is 8.96 Å². The standard InChI is InChI=1S/C17H13FN2O3S/c1-12-5-2-3-7-15(12)17-16(18)13(11-21)10-20(17)24(22,23)14-6-4-8-19-9-14/h2-11H,1H3. The first-order chi connectivity index (χ1) is 11.5. The smallest absolute Gasteiger partial charge is 0.269 e. The molecule has 2 aromatic heterocycles. The van der Waals surface area contributed by atoms with Crippen molar-refractivity contribution >= 4 is 16.3 Å². The van der Waals surface area contributed by atoms with Crippen molar-refractivity contribution in [3.05, 3.63) is 71.9 Å². The summed E-state index contributed by atoms with van der Waals surface area (Å²) in [4.78, 5) is 14.8. The lowest BCUT2D eigenvalue weighted by atomic mass is 10.1. The molecule has 7 heteroatoms. The van der Waals surface area contributed by atoms with E-state index in [0.717, 1.165) is 10.2 Å². The molecule has 0 amide bonds. The molecule has 0 spiro atoms. The molecule has 0 aliphatic heterocycles. The van der Waals surface area contributed by atoms with Gasteiger partial charge in [0, 0.05) is 24.2 Å². The first-order valence-electron chi connectivity index (χ1n) is 7.04. The molecule has 0 unspecified atom stereocenters. The molecule has 0 N–H and O–H groups in total. The highest BCUT2D eigenvalue weighted by Crippen LogP contribution is 2.31. The van der Waals surface area contributed by atoms with Gasteiger partial charge in [0.05, 0.1) is 5.56 Å². The highest BCUT2D eigenvalue weighted by Gasteiger charge is 2.27. The van der Waals surface area contributed by atoms with Crippen molar-refractivity contribution in [2.24, 2.45) is 0 Å². The number of hydrogen-bond acceptors (Lipinski definition) is 4. The fraction of sp³-hybridized carbons (Fsp3) is 0.0588. The third kappa shape index (κ3) is 2.52. The van der Waals surface area contributed by atoms with E-state index < -0.39 is 15.8 Å². The number of aldehydes is 1. The SMILES string of the molecule is Cc1ccccc1-c1c(F)c(C=O)cn1S(=O)(=O)c1cccnc1. The van der Waals surface area contributed by atoms with Crippen LogP contribution in [-0.4, -0.2) is 23.7 Å². The summed E-state index contributed by atoms with van der Waals surface area (Å²) in [6.07, 6.45) is 3.91. The molecule has 2 heterocycles. The van der Waals surface area contributed by atoms with Crippen molar-refractivity contribution in [3.8, 4) is 11.3 Å². The number of carbonyl (C=O) groups excluding carboxylic acids is 1. The summed E-state index contributed by atoms with van der Waals surface area (Å²) in [6.45, 7) is 1.74. The maximum absolute atomic E-state index is 14.7. The number of nitrogens with zero attached hydrogens (tertiary/aromatic N) is 2. The van der Waals surface area contributed by atoms with Gasteiger partial charge in [0.15, 0.2) is 12.1 Å². The van der Waals surface area contributed by atoms with Gasteiger partial charge in [0.25, 0.3) is 10.0 Å². The Hall–Kier alpha value is -2.80. The highest BCUT2D eigenvalue weighted by molar-refractivity contribution is 7.90. The van der Waals surface area contributed by atoms with Gasteiger partial charge < -0.3 is 0 Å². The number of benzene rings is 1. The first-order valence-corrected chi connectivity index (χ1v) is 8.48. The lowest BCUT2D eigenvalue weighted by molar-refractivity contribution is 0.112.